The lowest BCUT2D eigenvalue weighted by Gasteiger charge is -2.11. The number of nitrogens with one attached hydrogen (secondary N) is 1. The van der Waals surface area contributed by atoms with Gasteiger partial charge in [0, 0.05) is 12.1 Å². The highest BCUT2D eigenvalue weighted by Crippen LogP contribution is 2.18. The Morgan fingerprint density at radius 1 is 1.38 bits per heavy atom. The number of nitrogens with zero attached hydrogens (tertiary/aromatic N) is 1. The van der Waals surface area contributed by atoms with Crippen LogP contribution in [0, 0.1) is 23.0 Å². The highest BCUT2D eigenvalue weighted by Gasteiger charge is 2.17. The predicted octanol–water partition coefficient (Wildman–Crippen LogP) is 2.13. The Bertz CT molecular complexity index is 431. The normalized spacial score (nSPS) is 19.7. The van der Waals surface area contributed by atoms with E-state index in [1.807, 2.05) is 0 Å². The van der Waals surface area contributed by atoms with Gasteiger partial charge in [0.15, 0.2) is 0 Å². The number of benzene rings is 1. The van der Waals surface area contributed by atoms with Gasteiger partial charge in [-0.2, -0.15) is 5.26 Å². The van der Waals surface area contributed by atoms with E-state index in [4.69, 9.17) is 5.26 Å². The Hall–Kier alpha value is -1.47. The van der Waals surface area contributed by atoms with Crippen LogP contribution >= 0.6 is 0 Å². The number of rotatable bonds is 2. The largest absolute Gasteiger partial charge is 0.314 e. The van der Waals surface area contributed by atoms with Crippen molar-refractivity contribution in [2.24, 2.45) is 0 Å². The lowest BCUT2D eigenvalue weighted by molar-refractivity contribution is 0.543. The molecule has 0 aromatic heterocycles. The molecule has 1 fully saturated rings. The van der Waals surface area contributed by atoms with Crippen molar-refractivity contribution in [3.05, 3.63) is 34.9 Å². The third-order valence-electron chi connectivity index (χ3n) is 2.89. The zero-order valence-electron chi connectivity index (χ0n) is 8.76. The van der Waals surface area contributed by atoms with Gasteiger partial charge in [-0.25, -0.2) is 8.78 Å². The number of nitriles is 1. The van der Waals surface area contributed by atoms with Gasteiger partial charge in [-0.3, -0.25) is 0 Å². The molecule has 0 aliphatic carbocycles. The second-order valence-corrected chi connectivity index (χ2v) is 4.03. The fourth-order valence-electron chi connectivity index (χ4n) is 2.03. The van der Waals surface area contributed by atoms with Crippen LogP contribution in [-0.2, 0) is 6.42 Å². The number of hydrogen-bond donors (Lipinski definition) is 1. The average Bonchev–Trinajstić information content (AvgIpc) is 2.75. The second-order valence-electron chi connectivity index (χ2n) is 4.03. The minimum Gasteiger partial charge on any atom is -0.314 e. The summed E-state index contributed by atoms with van der Waals surface area (Å²) in [5.74, 6) is -1.35. The molecule has 2 rings (SSSR count). The lowest BCUT2D eigenvalue weighted by atomic mass is 10.0. The minimum atomic E-state index is -0.789. The quantitative estimate of drug-likeness (QED) is 0.832. The minimum absolute atomic E-state index is 0.0885. The molecule has 1 aliphatic rings. The van der Waals surface area contributed by atoms with E-state index in [0.717, 1.165) is 25.5 Å². The molecule has 0 radical (unpaired) electrons. The van der Waals surface area contributed by atoms with Crippen molar-refractivity contribution in [2.45, 2.75) is 25.3 Å². The van der Waals surface area contributed by atoms with Crippen LogP contribution in [0.5, 0.6) is 0 Å². The van der Waals surface area contributed by atoms with Crippen LogP contribution < -0.4 is 5.32 Å². The van der Waals surface area contributed by atoms with E-state index in [0.29, 0.717) is 12.0 Å². The molecular formula is C12H12F2N2. The Morgan fingerprint density at radius 3 is 2.81 bits per heavy atom. The molecule has 1 heterocycles. The summed E-state index contributed by atoms with van der Waals surface area (Å²) in [7, 11) is 0. The second kappa shape index (κ2) is 4.58. The monoisotopic (exact) mass is 222 g/mol. The Balaban J connectivity index is 2.23. The summed E-state index contributed by atoms with van der Waals surface area (Å²) in [6.07, 6.45) is 2.60. The van der Waals surface area contributed by atoms with Crippen molar-refractivity contribution in [2.75, 3.05) is 6.54 Å². The first-order chi connectivity index (χ1) is 7.70. The molecule has 1 atom stereocenters. The van der Waals surface area contributed by atoms with Gasteiger partial charge >= 0.3 is 0 Å². The average molecular weight is 222 g/mol. The maximum Gasteiger partial charge on any atom is 0.143 e. The van der Waals surface area contributed by atoms with Crippen molar-refractivity contribution in [3.8, 4) is 6.07 Å². The van der Waals surface area contributed by atoms with E-state index in [2.05, 4.69) is 5.32 Å². The van der Waals surface area contributed by atoms with E-state index in [1.165, 1.54) is 6.07 Å². The van der Waals surface area contributed by atoms with Crippen molar-refractivity contribution < 1.29 is 8.78 Å². The van der Waals surface area contributed by atoms with Crippen molar-refractivity contribution >= 4 is 0 Å². The number of halogens is 2. The van der Waals surface area contributed by atoms with Crippen LogP contribution in [0.3, 0.4) is 0 Å². The zero-order valence-corrected chi connectivity index (χ0v) is 8.76. The van der Waals surface area contributed by atoms with Crippen LogP contribution in [0.4, 0.5) is 8.78 Å². The van der Waals surface area contributed by atoms with Crippen LogP contribution in [-0.4, -0.2) is 12.6 Å². The van der Waals surface area contributed by atoms with Crippen LogP contribution in [0.2, 0.25) is 0 Å². The SMILES string of the molecule is N#Cc1cc(CC2CCCN2)c(F)cc1F. The third-order valence-corrected chi connectivity index (χ3v) is 2.89. The Morgan fingerprint density at radius 2 is 2.19 bits per heavy atom. The van der Waals surface area contributed by atoms with Crippen LogP contribution in [0.15, 0.2) is 12.1 Å². The molecule has 1 aliphatic heterocycles. The van der Waals surface area contributed by atoms with Gasteiger partial charge in [0.25, 0.3) is 0 Å². The fraction of sp³-hybridized carbons (Fsp3) is 0.417. The topological polar surface area (TPSA) is 35.8 Å². The van der Waals surface area contributed by atoms with Crippen molar-refractivity contribution in [3.63, 3.8) is 0 Å². The van der Waals surface area contributed by atoms with E-state index < -0.39 is 11.6 Å². The maximum absolute atomic E-state index is 13.4. The first kappa shape index (κ1) is 11.0. The molecule has 1 aromatic rings. The molecule has 4 heteroatoms. The molecular weight excluding hydrogens is 210 g/mol. The maximum atomic E-state index is 13.4. The zero-order chi connectivity index (χ0) is 11.5. The Kier molecular flexibility index (Phi) is 3.16. The van der Waals surface area contributed by atoms with Gasteiger partial charge in [0.05, 0.1) is 5.56 Å². The van der Waals surface area contributed by atoms with Crippen molar-refractivity contribution in [1.29, 1.82) is 5.26 Å². The molecule has 16 heavy (non-hydrogen) atoms. The molecule has 0 bridgehead atoms. The van der Waals surface area contributed by atoms with Gasteiger partial charge in [0.2, 0.25) is 0 Å². The summed E-state index contributed by atoms with van der Waals surface area (Å²) in [4.78, 5) is 0. The summed E-state index contributed by atoms with van der Waals surface area (Å²) < 4.78 is 26.5. The van der Waals surface area contributed by atoms with Gasteiger partial charge in [-0.15, -0.1) is 0 Å². The predicted molar refractivity (Wildman–Crippen MR) is 55.8 cm³/mol. The summed E-state index contributed by atoms with van der Waals surface area (Å²) in [5, 5.41) is 11.9. The molecule has 0 spiro atoms. The summed E-state index contributed by atoms with van der Waals surface area (Å²) in [6.45, 7) is 0.943. The van der Waals surface area contributed by atoms with E-state index in [-0.39, 0.29) is 11.6 Å². The van der Waals surface area contributed by atoms with Crippen LogP contribution in [0.1, 0.15) is 24.0 Å². The van der Waals surface area contributed by atoms with E-state index >= 15 is 0 Å². The summed E-state index contributed by atoms with van der Waals surface area (Å²) in [5.41, 5.74) is 0.326. The molecule has 84 valence electrons. The molecule has 2 nitrogen and oxygen atoms in total. The first-order valence-electron chi connectivity index (χ1n) is 5.32. The lowest BCUT2D eigenvalue weighted by Crippen LogP contribution is -2.24. The summed E-state index contributed by atoms with van der Waals surface area (Å²) in [6, 6.07) is 4.07. The highest BCUT2D eigenvalue weighted by molar-refractivity contribution is 5.35. The molecule has 1 N–H and O–H groups in total. The molecule has 1 saturated heterocycles. The van der Waals surface area contributed by atoms with Crippen LogP contribution in [0.25, 0.3) is 0 Å². The molecule has 1 aromatic carbocycles. The first-order valence-corrected chi connectivity index (χ1v) is 5.32. The smallest absolute Gasteiger partial charge is 0.143 e. The Labute approximate surface area is 92.9 Å². The van der Waals surface area contributed by atoms with Crippen molar-refractivity contribution in [1.82, 2.24) is 5.32 Å². The molecule has 0 amide bonds. The molecule has 1 unspecified atom stereocenters. The summed E-state index contributed by atoms with van der Waals surface area (Å²) >= 11 is 0. The fourth-order valence-corrected chi connectivity index (χ4v) is 2.03. The highest BCUT2D eigenvalue weighted by atomic mass is 19.1. The van der Waals surface area contributed by atoms with Gasteiger partial charge in [0.1, 0.15) is 17.7 Å². The van der Waals surface area contributed by atoms with E-state index in [1.54, 1.807) is 6.07 Å². The van der Waals surface area contributed by atoms with Gasteiger partial charge in [-0.1, -0.05) is 0 Å². The number of hydrogen-bond acceptors (Lipinski definition) is 2. The van der Waals surface area contributed by atoms with Gasteiger partial charge < -0.3 is 5.32 Å². The third kappa shape index (κ3) is 2.20. The van der Waals surface area contributed by atoms with E-state index in [9.17, 15) is 8.78 Å². The standard InChI is InChI=1S/C12H12F2N2/c13-11-6-12(14)9(7-15)4-8(11)5-10-2-1-3-16-10/h4,6,10,16H,1-3,5H2. The molecule has 0 saturated carbocycles. The van der Waals surface area contributed by atoms with Gasteiger partial charge in [-0.05, 0) is 37.4 Å².